The Labute approximate surface area is 249 Å². The van der Waals surface area contributed by atoms with Gasteiger partial charge in [-0.2, -0.15) is 13.2 Å². The molecule has 1 fully saturated rings. The molecule has 1 aliphatic rings. The number of hydrogen-bond acceptors (Lipinski definition) is 8. The number of aromatic nitrogens is 1. The fourth-order valence-electron chi connectivity index (χ4n) is 5.11. The number of anilines is 2. The second-order valence-electron chi connectivity index (χ2n) is 10.3. The zero-order valence-electron chi connectivity index (χ0n) is 23.9. The number of aliphatic hydroxyl groups excluding tert-OH is 1. The van der Waals surface area contributed by atoms with Crippen LogP contribution in [0.4, 0.5) is 24.5 Å². The zero-order valence-corrected chi connectivity index (χ0v) is 24.8. The Hall–Kier alpha value is -3.48. The summed E-state index contributed by atoms with van der Waals surface area (Å²) in [6, 6.07) is 11.1. The summed E-state index contributed by atoms with van der Waals surface area (Å²) in [5, 5.41) is 21.7. The number of aliphatic hydroxyl groups is 1. The highest BCUT2D eigenvalue weighted by molar-refractivity contribution is 7.89. The standard InChI is InChI=1S/C29H36F3N5O5S/c1-41-22(18-38)17-36-13-10-20(11-14-36)35-25-6-3-7-27-24(25)15-21(37(27)19-29(30,31)32)5-4-12-34-26-9-8-23(43(33,39)40)16-28(26)42-2/h3,6-9,15-16,20,22,34-35,38H,10-14,17-19H2,1-2H3,(H2,33,39,40)/t22-/m1/s1. The van der Waals surface area contributed by atoms with Crippen molar-refractivity contribution < 1.29 is 36.2 Å². The molecule has 2 heterocycles. The number of rotatable bonds is 11. The molecule has 2 aromatic carbocycles. The van der Waals surface area contributed by atoms with Gasteiger partial charge in [-0.05, 0) is 49.1 Å². The van der Waals surface area contributed by atoms with Crippen molar-refractivity contribution in [3.63, 3.8) is 0 Å². The van der Waals surface area contributed by atoms with E-state index in [4.69, 9.17) is 14.6 Å². The number of methoxy groups -OCH3 is 2. The van der Waals surface area contributed by atoms with E-state index in [0.29, 0.717) is 23.1 Å². The van der Waals surface area contributed by atoms with E-state index in [2.05, 4.69) is 27.4 Å². The van der Waals surface area contributed by atoms with Crippen LogP contribution in [-0.2, 0) is 21.3 Å². The number of alkyl halides is 3. The van der Waals surface area contributed by atoms with Crippen LogP contribution in [0.15, 0.2) is 47.4 Å². The van der Waals surface area contributed by atoms with Gasteiger partial charge in [-0.1, -0.05) is 12.0 Å². The van der Waals surface area contributed by atoms with Crippen molar-refractivity contribution in [3.05, 3.63) is 48.2 Å². The second kappa shape index (κ2) is 13.9. The Morgan fingerprint density at radius 3 is 2.51 bits per heavy atom. The lowest BCUT2D eigenvalue weighted by Gasteiger charge is -2.34. The van der Waals surface area contributed by atoms with Crippen molar-refractivity contribution in [3.8, 4) is 17.6 Å². The van der Waals surface area contributed by atoms with Crippen LogP contribution in [0.25, 0.3) is 10.9 Å². The molecule has 0 radical (unpaired) electrons. The third-order valence-electron chi connectivity index (χ3n) is 7.31. The number of ether oxygens (including phenoxy) is 2. The quantitative estimate of drug-likeness (QED) is 0.240. The highest BCUT2D eigenvalue weighted by Gasteiger charge is 2.30. The van der Waals surface area contributed by atoms with E-state index in [1.807, 2.05) is 6.07 Å². The smallest absolute Gasteiger partial charge is 0.406 e. The molecule has 234 valence electrons. The van der Waals surface area contributed by atoms with E-state index in [9.17, 15) is 26.7 Å². The Kier molecular flexibility index (Phi) is 10.5. The number of primary sulfonamides is 1. The average Bonchev–Trinajstić information content (AvgIpc) is 3.30. The number of nitrogens with one attached hydrogen (secondary N) is 2. The molecule has 43 heavy (non-hydrogen) atoms. The highest BCUT2D eigenvalue weighted by atomic mass is 32.2. The maximum atomic E-state index is 13.6. The first-order chi connectivity index (χ1) is 20.4. The number of likely N-dealkylation sites (tertiary alicyclic amines) is 1. The van der Waals surface area contributed by atoms with Crippen molar-refractivity contribution in [2.45, 2.75) is 42.6 Å². The van der Waals surface area contributed by atoms with Gasteiger partial charge >= 0.3 is 6.18 Å². The maximum Gasteiger partial charge on any atom is 0.406 e. The predicted octanol–water partition coefficient (Wildman–Crippen LogP) is 3.21. The monoisotopic (exact) mass is 623 g/mol. The van der Waals surface area contributed by atoms with Crippen LogP contribution in [-0.4, -0.2) is 88.3 Å². The van der Waals surface area contributed by atoms with E-state index >= 15 is 0 Å². The van der Waals surface area contributed by atoms with Crippen LogP contribution < -0.4 is 20.5 Å². The van der Waals surface area contributed by atoms with Crippen LogP contribution in [0.1, 0.15) is 18.5 Å². The highest BCUT2D eigenvalue weighted by Crippen LogP contribution is 2.31. The van der Waals surface area contributed by atoms with E-state index < -0.39 is 22.7 Å². The van der Waals surface area contributed by atoms with Crippen LogP contribution >= 0.6 is 0 Å². The molecule has 1 aliphatic heterocycles. The summed E-state index contributed by atoms with van der Waals surface area (Å²) in [4.78, 5) is 2.11. The van der Waals surface area contributed by atoms with E-state index in [0.717, 1.165) is 36.2 Å². The summed E-state index contributed by atoms with van der Waals surface area (Å²) in [6.45, 7) is 1.08. The number of benzene rings is 2. The van der Waals surface area contributed by atoms with Crippen molar-refractivity contribution >= 4 is 32.3 Å². The van der Waals surface area contributed by atoms with Gasteiger partial charge in [-0.3, -0.25) is 0 Å². The lowest BCUT2D eigenvalue weighted by atomic mass is 10.0. The summed E-state index contributed by atoms with van der Waals surface area (Å²) in [5.74, 6) is 5.95. The summed E-state index contributed by atoms with van der Waals surface area (Å²) in [6.07, 6.45) is -3.02. The summed E-state index contributed by atoms with van der Waals surface area (Å²) >= 11 is 0. The van der Waals surface area contributed by atoms with Gasteiger partial charge < -0.3 is 34.7 Å². The lowest BCUT2D eigenvalue weighted by molar-refractivity contribution is -0.140. The SMILES string of the molecule is COc1cc(S(N)(=O)=O)ccc1NCC#Cc1cc2c(NC3CCN(C[C@H](CO)OC)CC3)cccc2n1CC(F)(F)F. The molecule has 0 saturated carbocycles. The molecule has 5 N–H and O–H groups in total. The fraction of sp³-hybridized carbons (Fsp3) is 0.448. The topological polar surface area (TPSA) is 131 Å². The second-order valence-corrected chi connectivity index (χ2v) is 11.9. The molecule has 1 saturated heterocycles. The fourth-order valence-corrected chi connectivity index (χ4v) is 5.64. The molecule has 0 bridgehead atoms. The van der Waals surface area contributed by atoms with Gasteiger partial charge in [0, 0.05) is 49.9 Å². The molecular weight excluding hydrogens is 587 g/mol. The Balaban J connectivity index is 1.52. The molecule has 14 heteroatoms. The third kappa shape index (κ3) is 8.55. The van der Waals surface area contributed by atoms with Crippen molar-refractivity contribution in [1.82, 2.24) is 9.47 Å². The molecule has 4 rings (SSSR count). The van der Waals surface area contributed by atoms with Gasteiger partial charge in [-0.25, -0.2) is 13.6 Å². The Morgan fingerprint density at radius 2 is 1.88 bits per heavy atom. The number of hydrogen-bond donors (Lipinski definition) is 4. The van der Waals surface area contributed by atoms with Crippen molar-refractivity contribution in [2.75, 3.05) is 57.6 Å². The number of halogens is 3. The van der Waals surface area contributed by atoms with Crippen LogP contribution in [0.2, 0.25) is 0 Å². The van der Waals surface area contributed by atoms with Gasteiger partial charge in [0.15, 0.2) is 0 Å². The van der Waals surface area contributed by atoms with Gasteiger partial charge in [-0.15, -0.1) is 0 Å². The first-order valence-electron chi connectivity index (χ1n) is 13.7. The first-order valence-corrected chi connectivity index (χ1v) is 15.2. The molecule has 3 aromatic rings. The predicted molar refractivity (Wildman–Crippen MR) is 159 cm³/mol. The largest absolute Gasteiger partial charge is 0.495 e. The van der Waals surface area contributed by atoms with Crippen molar-refractivity contribution in [2.24, 2.45) is 5.14 Å². The first kappa shape index (κ1) is 32.4. The molecule has 0 unspecified atom stereocenters. The van der Waals surface area contributed by atoms with Gasteiger partial charge in [0.05, 0.1) is 48.2 Å². The van der Waals surface area contributed by atoms with Gasteiger partial charge in [0.2, 0.25) is 10.0 Å². The molecule has 10 nitrogen and oxygen atoms in total. The van der Waals surface area contributed by atoms with E-state index in [1.165, 1.54) is 25.3 Å². The average molecular weight is 624 g/mol. The minimum Gasteiger partial charge on any atom is -0.495 e. The number of piperidine rings is 1. The van der Waals surface area contributed by atoms with Crippen LogP contribution in [0.3, 0.4) is 0 Å². The maximum absolute atomic E-state index is 13.6. The molecule has 0 spiro atoms. The van der Waals surface area contributed by atoms with E-state index in [-0.39, 0.29) is 41.6 Å². The van der Waals surface area contributed by atoms with Gasteiger partial charge in [0.25, 0.3) is 0 Å². The Bertz CT molecular complexity index is 1570. The number of nitrogens with zero attached hydrogens (tertiary/aromatic N) is 2. The zero-order chi connectivity index (χ0) is 31.2. The number of fused-ring (bicyclic) bond motifs is 1. The molecule has 0 aliphatic carbocycles. The minimum atomic E-state index is -4.45. The Morgan fingerprint density at radius 1 is 1.14 bits per heavy atom. The summed E-state index contributed by atoms with van der Waals surface area (Å²) in [5.41, 5.74) is 1.82. The normalized spacial score (nSPS) is 15.6. The van der Waals surface area contributed by atoms with Crippen LogP contribution in [0.5, 0.6) is 5.75 Å². The summed E-state index contributed by atoms with van der Waals surface area (Å²) in [7, 11) is -0.972. The summed E-state index contributed by atoms with van der Waals surface area (Å²) < 4.78 is 75.7. The van der Waals surface area contributed by atoms with E-state index in [1.54, 1.807) is 25.3 Å². The third-order valence-corrected chi connectivity index (χ3v) is 8.23. The molecule has 0 amide bonds. The van der Waals surface area contributed by atoms with Gasteiger partial charge in [0.1, 0.15) is 12.3 Å². The number of sulfonamides is 1. The van der Waals surface area contributed by atoms with Crippen molar-refractivity contribution in [1.29, 1.82) is 0 Å². The molecule has 1 atom stereocenters. The molecular formula is C29H36F3N5O5S. The molecule has 1 aromatic heterocycles. The lowest BCUT2D eigenvalue weighted by Crippen LogP contribution is -2.43. The van der Waals surface area contributed by atoms with Crippen LogP contribution in [0, 0.1) is 11.8 Å². The minimum absolute atomic E-state index is 0.0462. The number of nitrogens with two attached hydrogens (primary N) is 1.